The first-order valence-corrected chi connectivity index (χ1v) is 10.1. The number of fused-ring (bicyclic) bond motifs is 1. The molecule has 0 N–H and O–H groups in total. The highest BCUT2D eigenvalue weighted by Crippen LogP contribution is 2.38. The maximum absolute atomic E-state index is 13.0. The number of methoxy groups -OCH3 is 2. The average molecular weight is 470 g/mol. The number of hydrogen-bond donors (Lipinski definition) is 0. The van der Waals surface area contributed by atoms with E-state index in [1.807, 2.05) is 38.1 Å². The second-order valence-corrected chi connectivity index (χ2v) is 7.70. The Hall–Kier alpha value is -3.13. The number of halogens is 1. The Morgan fingerprint density at radius 3 is 2.57 bits per heavy atom. The molecule has 7 nitrogen and oxygen atoms in total. The second kappa shape index (κ2) is 7.95. The van der Waals surface area contributed by atoms with Crippen LogP contribution in [0, 0.1) is 13.8 Å². The summed E-state index contributed by atoms with van der Waals surface area (Å²) < 4.78 is 18.5. The van der Waals surface area contributed by atoms with Crippen molar-refractivity contribution in [3.05, 3.63) is 68.5 Å². The normalized spacial score (nSPS) is 11.1. The van der Waals surface area contributed by atoms with E-state index >= 15 is 0 Å². The molecule has 0 aliphatic carbocycles. The van der Waals surface area contributed by atoms with Gasteiger partial charge in [-0.25, -0.2) is 0 Å². The van der Waals surface area contributed by atoms with Gasteiger partial charge in [0.15, 0.2) is 0 Å². The van der Waals surface area contributed by atoms with Gasteiger partial charge in [0, 0.05) is 23.2 Å². The van der Waals surface area contributed by atoms with E-state index < -0.39 is 0 Å². The van der Waals surface area contributed by atoms with Crippen LogP contribution < -0.4 is 15.0 Å². The highest BCUT2D eigenvalue weighted by Gasteiger charge is 2.19. The van der Waals surface area contributed by atoms with Crippen molar-refractivity contribution in [2.24, 2.45) is 0 Å². The smallest absolute Gasteiger partial charge is 0.265 e. The number of benzene rings is 1. The van der Waals surface area contributed by atoms with Crippen molar-refractivity contribution < 1.29 is 14.0 Å². The first-order chi connectivity index (χ1) is 14.4. The van der Waals surface area contributed by atoms with E-state index in [4.69, 9.17) is 14.0 Å². The van der Waals surface area contributed by atoms with Gasteiger partial charge in [-0.05, 0) is 54.0 Å². The van der Waals surface area contributed by atoms with Gasteiger partial charge in [-0.1, -0.05) is 5.16 Å². The van der Waals surface area contributed by atoms with E-state index in [1.54, 1.807) is 31.0 Å². The summed E-state index contributed by atoms with van der Waals surface area (Å²) >= 11 is 3.41. The number of pyridine rings is 2. The predicted octanol–water partition coefficient (Wildman–Crippen LogP) is 4.50. The van der Waals surface area contributed by atoms with E-state index in [1.165, 1.54) is 0 Å². The minimum atomic E-state index is -0.164. The molecule has 8 heteroatoms. The first-order valence-electron chi connectivity index (χ1n) is 9.26. The van der Waals surface area contributed by atoms with Crippen LogP contribution in [0.1, 0.15) is 17.1 Å². The fourth-order valence-corrected chi connectivity index (χ4v) is 4.10. The van der Waals surface area contributed by atoms with Crippen LogP contribution in [0.3, 0.4) is 0 Å². The Bertz CT molecular complexity index is 1290. The molecule has 0 aliphatic heterocycles. The molecule has 0 atom stereocenters. The van der Waals surface area contributed by atoms with Gasteiger partial charge < -0.3 is 18.6 Å². The number of hydrogen-bond acceptors (Lipinski definition) is 6. The molecular weight excluding hydrogens is 450 g/mol. The van der Waals surface area contributed by atoms with E-state index in [0.717, 1.165) is 27.7 Å². The summed E-state index contributed by atoms with van der Waals surface area (Å²) in [6, 6.07) is 9.27. The Balaban J connectivity index is 1.98. The highest BCUT2D eigenvalue weighted by molar-refractivity contribution is 9.10. The topological polar surface area (TPSA) is 79.4 Å². The van der Waals surface area contributed by atoms with Crippen LogP contribution in [0.25, 0.3) is 22.0 Å². The van der Waals surface area contributed by atoms with E-state index in [0.29, 0.717) is 27.4 Å². The Morgan fingerprint density at radius 2 is 1.90 bits per heavy atom. The lowest BCUT2D eigenvalue weighted by molar-refractivity contribution is 0.393. The van der Waals surface area contributed by atoms with Gasteiger partial charge in [0.1, 0.15) is 23.0 Å². The van der Waals surface area contributed by atoms with Crippen LogP contribution in [-0.2, 0) is 6.54 Å². The number of ether oxygens (including phenoxy) is 2. The monoisotopic (exact) mass is 469 g/mol. The Labute approximate surface area is 181 Å². The Kier molecular flexibility index (Phi) is 5.34. The third kappa shape index (κ3) is 3.37. The van der Waals surface area contributed by atoms with Gasteiger partial charge in [-0.2, -0.15) is 0 Å². The summed E-state index contributed by atoms with van der Waals surface area (Å²) in [5.74, 6) is 1.95. The molecule has 30 heavy (non-hydrogen) atoms. The molecule has 0 bridgehead atoms. The van der Waals surface area contributed by atoms with Gasteiger partial charge in [-0.15, -0.1) is 0 Å². The SMILES string of the molecule is COc1cc2c(cc1-c1c(C)noc1C)cc(Br)c(=O)n2Cc1ncccc1OC. The van der Waals surface area contributed by atoms with Crippen molar-refractivity contribution in [2.75, 3.05) is 14.2 Å². The van der Waals surface area contributed by atoms with Crippen LogP contribution in [0.15, 0.2) is 50.3 Å². The summed E-state index contributed by atoms with van der Waals surface area (Å²) in [7, 11) is 3.19. The molecule has 0 amide bonds. The molecule has 3 heterocycles. The van der Waals surface area contributed by atoms with Crippen molar-refractivity contribution >= 4 is 26.8 Å². The third-order valence-electron chi connectivity index (χ3n) is 5.05. The fraction of sp³-hybridized carbons (Fsp3) is 0.227. The summed E-state index contributed by atoms with van der Waals surface area (Å²) in [5.41, 5.74) is 3.74. The summed E-state index contributed by atoms with van der Waals surface area (Å²) in [6.07, 6.45) is 1.68. The summed E-state index contributed by atoms with van der Waals surface area (Å²) in [6.45, 7) is 4.01. The van der Waals surface area contributed by atoms with Crippen LogP contribution >= 0.6 is 15.9 Å². The van der Waals surface area contributed by atoms with Gasteiger partial charge in [0.2, 0.25) is 0 Å². The minimum absolute atomic E-state index is 0.164. The number of rotatable bonds is 5. The van der Waals surface area contributed by atoms with Gasteiger partial charge in [0.05, 0.1) is 42.0 Å². The van der Waals surface area contributed by atoms with Crippen LogP contribution in [0.4, 0.5) is 0 Å². The molecule has 1 aromatic carbocycles. The second-order valence-electron chi connectivity index (χ2n) is 6.85. The molecule has 3 aromatic heterocycles. The van der Waals surface area contributed by atoms with Gasteiger partial charge in [-0.3, -0.25) is 9.78 Å². The molecule has 4 aromatic rings. The zero-order valence-corrected chi connectivity index (χ0v) is 18.6. The zero-order valence-electron chi connectivity index (χ0n) is 17.0. The molecule has 0 saturated carbocycles. The largest absolute Gasteiger partial charge is 0.496 e. The van der Waals surface area contributed by atoms with E-state index in [9.17, 15) is 4.79 Å². The predicted molar refractivity (Wildman–Crippen MR) is 117 cm³/mol. The summed E-state index contributed by atoms with van der Waals surface area (Å²) in [4.78, 5) is 17.4. The van der Waals surface area contributed by atoms with Crippen molar-refractivity contribution in [3.63, 3.8) is 0 Å². The van der Waals surface area contributed by atoms with E-state index in [2.05, 4.69) is 26.1 Å². The lowest BCUT2D eigenvalue weighted by Crippen LogP contribution is -2.22. The third-order valence-corrected chi connectivity index (χ3v) is 5.62. The molecule has 0 aliphatic rings. The molecule has 4 rings (SSSR count). The molecule has 0 radical (unpaired) electrons. The van der Waals surface area contributed by atoms with Crippen molar-refractivity contribution in [1.29, 1.82) is 0 Å². The Morgan fingerprint density at radius 1 is 1.13 bits per heavy atom. The number of aromatic nitrogens is 3. The number of aryl methyl sites for hydroxylation is 2. The molecule has 154 valence electrons. The van der Waals surface area contributed by atoms with Crippen LogP contribution in [0.5, 0.6) is 11.5 Å². The average Bonchev–Trinajstić information content (AvgIpc) is 3.08. The highest BCUT2D eigenvalue weighted by atomic mass is 79.9. The van der Waals surface area contributed by atoms with Gasteiger partial charge in [0.25, 0.3) is 5.56 Å². The lowest BCUT2D eigenvalue weighted by Gasteiger charge is -2.16. The molecule has 0 unspecified atom stereocenters. The van der Waals surface area contributed by atoms with Crippen LogP contribution in [0.2, 0.25) is 0 Å². The van der Waals surface area contributed by atoms with Crippen molar-refractivity contribution in [3.8, 4) is 22.6 Å². The van der Waals surface area contributed by atoms with E-state index in [-0.39, 0.29) is 12.1 Å². The summed E-state index contributed by atoms with van der Waals surface area (Å²) in [5, 5.41) is 4.92. The molecule has 0 fully saturated rings. The molecule has 0 saturated heterocycles. The molecular formula is C22H20BrN3O4. The first kappa shape index (κ1) is 20.2. The van der Waals surface area contributed by atoms with Crippen molar-refractivity contribution in [2.45, 2.75) is 20.4 Å². The number of nitrogens with zero attached hydrogens (tertiary/aromatic N) is 3. The van der Waals surface area contributed by atoms with Crippen LogP contribution in [-0.4, -0.2) is 28.9 Å². The quantitative estimate of drug-likeness (QED) is 0.428. The maximum atomic E-state index is 13.0. The zero-order chi connectivity index (χ0) is 21.4. The lowest BCUT2D eigenvalue weighted by atomic mass is 10.0. The molecule has 0 spiro atoms. The minimum Gasteiger partial charge on any atom is -0.496 e. The standard InChI is InChI=1S/C22H20BrN3O4/c1-12-21(13(2)30-25-12)15-8-14-9-16(23)22(27)26(18(14)10-20(15)29-4)11-17-19(28-3)6-5-7-24-17/h5-10H,11H2,1-4H3. The maximum Gasteiger partial charge on any atom is 0.265 e. The fourth-order valence-electron chi connectivity index (χ4n) is 3.64. The van der Waals surface area contributed by atoms with Gasteiger partial charge >= 0.3 is 0 Å². The van der Waals surface area contributed by atoms with Crippen molar-refractivity contribution in [1.82, 2.24) is 14.7 Å².